The van der Waals surface area contributed by atoms with Crippen molar-refractivity contribution in [2.75, 3.05) is 4.81 Å². The van der Waals surface area contributed by atoms with Gasteiger partial charge in [-0.15, -0.1) is 0 Å². The third kappa shape index (κ3) is 3.81. The molecule has 0 saturated carbocycles. The molecule has 0 aromatic heterocycles. The zero-order chi connectivity index (χ0) is 29.0. The summed E-state index contributed by atoms with van der Waals surface area (Å²) in [6.45, 7) is 0.0597. The van der Waals surface area contributed by atoms with E-state index in [1.807, 2.05) is 0 Å². The minimum Gasteiger partial charge on any atom is -0.376 e. The maximum absolute atomic E-state index is 2.50. The van der Waals surface area contributed by atoms with Gasteiger partial charge in [0.15, 0.2) is 0 Å². The van der Waals surface area contributed by atoms with Gasteiger partial charge >= 0.3 is 6.85 Å². The van der Waals surface area contributed by atoms with E-state index in [9.17, 15) is 0 Å². The largest absolute Gasteiger partial charge is 0.376 e. The number of fused-ring (bicyclic) bond motifs is 9. The average molecular weight is 558 g/mol. The molecule has 1 heterocycles. The molecule has 2 heteroatoms. The molecular weight excluding hydrogens is 529 g/mol. The van der Waals surface area contributed by atoms with Gasteiger partial charge in [0.2, 0.25) is 0 Å². The molecular formula is C42H28BN. The van der Waals surface area contributed by atoms with Crippen molar-refractivity contribution in [3.8, 4) is 22.3 Å². The molecule has 8 aromatic rings. The second kappa shape index (κ2) is 10.0. The van der Waals surface area contributed by atoms with Gasteiger partial charge in [0.1, 0.15) is 0 Å². The van der Waals surface area contributed by atoms with Crippen LogP contribution in [0.2, 0.25) is 0 Å². The molecule has 8 aromatic carbocycles. The van der Waals surface area contributed by atoms with E-state index < -0.39 is 0 Å². The number of hydrogen-bond donors (Lipinski definition) is 0. The summed E-state index contributed by atoms with van der Waals surface area (Å²) in [6.07, 6.45) is 0. The maximum atomic E-state index is 2.50. The zero-order valence-electron chi connectivity index (χ0n) is 24.2. The fourth-order valence-corrected chi connectivity index (χ4v) is 7.33. The van der Waals surface area contributed by atoms with Gasteiger partial charge in [0.25, 0.3) is 0 Å². The molecule has 0 atom stereocenters. The third-order valence-electron chi connectivity index (χ3n) is 9.29. The van der Waals surface area contributed by atoms with Gasteiger partial charge in [-0.2, -0.15) is 0 Å². The van der Waals surface area contributed by atoms with Crippen LogP contribution in [0.5, 0.6) is 0 Å². The number of para-hydroxylation sites is 2. The van der Waals surface area contributed by atoms with Crippen molar-refractivity contribution >= 4 is 61.5 Å². The Hall–Kier alpha value is -5.60. The summed E-state index contributed by atoms with van der Waals surface area (Å²) < 4.78 is 0. The van der Waals surface area contributed by atoms with Gasteiger partial charge in [-0.3, -0.25) is 0 Å². The molecule has 9 rings (SSSR count). The van der Waals surface area contributed by atoms with Crippen molar-refractivity contribution in [1.29, 1.82) is 0 Å². The van der Waals surface area contributed by atoms with E-state index in [0.29, 0.717) is 0 Å². The molecule has 1 aliphatic rings. The van der Waals surface area contributed by atoms with Crippen LogP contribution in [0.4, 0.5) is 11.4 Å². The first-order valence-corrected chi connectivity index (χ1v) is 15.3. The number of anilines is 2. The summed E-state index contributed by atoms with van der Waals surface area (Å²) in [6, 6.07) is 62.2. The molecule has 0 N–H and O–H groups in total. The third-order valence-corrected chi connectivity index (χ3v) is 9.29. The highest BCUT2D eigenvalue weighted by atomic mass is 15.1. The fourth-order valence-electron chi connectivity index (χ4n) is 7.33. The first kappa shape index (κ1) is 25.0. The maximum Gasteiger partial charge on any atom is 0.328 e. The van der Waals surface area contributed by atoms with Crippen molar-refractivity contribution < 1.29 is 0 Å². The standard InChI is InChI=1S/C42H28BN/c1-3-13-31(14-4-1)43-41-26-24-30(28-40(41)38-21-11-12-22-42(38)44(43)32-15-5-2-6-16-32)29-23-25-37-35-19-8-7-17-33(35)34-18-9-10-20-36(34)39(37)27-29/h1-28H. The van der Waals surface area contributed by atoms with Gasteiger partial charge in [0.05, 0.1) is 0 Å². The lowest BCUT2D eigenvalue weighted by Crippen LogP contribution is -2.57. The number of hydrogen-bond acceptors (Lipinski definition) is 1. The molecule has 0 saturated heterocycles. The van der Waals surface area contributed by atoms with Crippen LogP contribution in [-0.4, -0.2) is 6.85 Å². The lowest BCUT2D eigenvalue weighted by Gasteiger charge is -2.39. The van der Waals surface area contributed by atoms with Crippen molar-refractivity contribution in [2.24, 2.45) is 0 Å². The van der Waals surface area contributed by atoms with Crippen LogP contribution >= 0.6 is 0 Å². The van der Waals surface area contributed by atoms with Crippen molar-refractivity contribution in [3.05, 3.63) is 170 Å². The van der Waals surface area contributed by atoms with Gasteiger partial charge in [0, 0.05) is 16.9 Å². The zero-order valence-corrected chi connectivity index (χ0v) is 24.2. The van der Waals surface area contributed by atoms with Crippen LogP contribution in [0.1, 0.15) is 0 Å². The number of rotatable bonds is 3. The van der Waals surface area contributed by atoms with Crippen LogP contribution in [0.15, 0.2) is 170 Å². The highest BCUT2D eigenvalue weighted by molar-refractivity contribution is 6.90. The van der Waals surface area contributed by atoms with E-state index >= 15 is 0 Å². The monoisotopic (exact) mass is 557 g/mol. The smallest absolute Gasteiger partial charge is 0.328 e. The second-order valence-electron chi connectivity index (χ2n) is 11.7. The average Bonchev–Trinajstić information content (AvgIpc) is 3.11. The number of nitrogens with zero attached hydrogens (tertiary/aromatic N) is 1. The van der Waals surface area contributed by atoms with Crippen LogP contribution in [0.25, 0.3) is 54.6 Å². The van der Waals surface area contributed by atoms with E-state index in [1.54, 1.807) is 0 Å². The predicted octanol–water partition coefficient (Wildman–Crippen LogP) is 9.74. The minimum atomic E-state index is 0.0597. The lowest BCUT2D eigenvalue weighted by molar-refractivity contribution is 1.36. The van der Waals surface area contributed by atoms with Crippen LogP contribution in [0.3, 0.4) is 0 Å². The van der Waals surface area contributed by atoms with Crippen molar-refractivity contribution in [1.82, 2.24) is 0 Å². The molecule has 44 heavy (non-hydrogen) atoms. The van der Waals surface area contributed by atoms with Gasteiger partial charge in [-0.1, -0.05) is 145 Å². The Morgan fingerprint density at radius 1 is 0.364 bits per heavy atom. The summed E-state index contributed by atoms with van der Waals surface area (Å²) in [5.41, 5.74) is 10.0. The normalized spacial score (nSPS) is 12.5. The summed E-state index contributed by atoms with van der Waals surface area (Å²) >= 11 is 0. The van der Waals surface area contributed by atoms with Crippen LogP contribution in [0, 0.1) is 0 Å². The molecule has 0 radical (unpaired) electrons. The predicted molar refractivity (Wildman–Crippen MR) is 190 cm³/mol. The van der Waals surface area contributed by atoms with Crippen molar-refractivity contribution in [2.45, 2.75) is 0 Å². The molecule has 1 aliphatic heterocycles. The van der Waals surface area contributed by atoms with Crippen LogP contribution in [-0.2, 0) is 0 Å². The molecule has 0 unspecified atom stereocenters. The van der Waals surface area contributed by atoms with E-state index in [0.717, 1.165) is 0 Å². The summed E-state index contributed by atoms with van der Waals surface area (Å²) in [5, 5.41) is 7.82. The Morgan fingerprint density at radius 2 is 0.886 bits per heavy atom. The highest BCUT2D eigenvalue weighted by Gasteiger charge is 2.37. The quantitative estimate of drug-likeness (QED) is 0.154. The lowest BCUT2D eigenvalue weighted by atomic mass is 9.45. The molecule has 1 nitrogen and oxygen atoms in total. The summed E-state index contributed by atoms with van der Waals surface area (Å²) in [4.78, 5) is 2.50. The minimum absolute atomic E-state index is 0.0597. The van der Waals surface area contributed by atoms with E-state index in [1.165, 1.54) is 76.9 Å². The van der Waals surface area contributed by atoms with Crippen LogP contribution < -0.4 is 15.7 Å². The SMILES string of the molecule is c1ccc(B2c3ccc(-c4ccc5c6ccccc6c6ccccc6c5c4)cc3-c3ccccc3N2c2ccccc2)cc1. The highest BCUT2D eigenvalue weighted by Crippen LogP contribution is 2.42. The molecule has 0 amide bonds. The molecule has 0 spiro atoms. The molecule has 204 valence electrons. The van der Waals surface area contributed by atoms with Gasteiger partial charge in [-0.05, 0) is 84.8 Å². The van der Waals surface area contributed by atoms with E-state index in [4.69, 9.17) is 0 Å². The molecule has 0 fully saturated rings. The van der Waals surface area contributed by atoms with Gasteiger partial charge < -0.3 is 4.81 Å². The molecule has 0 bridgehead atoms. The van der Waals surface area contributed by atoms with E-state index in [2.05, 4.69) is 175 Å². The fraction of sp³-hybridized carbons (Fsp3) is 0. The van der Waals surface area contributed by atoms with Crippen molar-refractivity contribution in [3.63, 3.8) is 0 Å². The van der Waals surface area contributed by atoms with E-state index in [-0.39, 0.29) is 6.85 Å². The Morgan fingerprint density at radius 3 is 1.59 bits per heavy atom. The summed E-state index contributed by atoms with van der Waals surface area (Å²) in [5.74, 6) is 0. The topological polar surface area (TPSA) is 3.24 Å². The molecule has 0 aliphatic carbocycles. The summed E-state index contributed by atoms with van der Waals surface area (Å²) in [7, 11) is 0. The Labute approximate surface area is 257 Å². The first-order valence-electron chi connectivity index (χ1n) is 15.3. The second-order valence-corrected chi connectivity index (χ2v) is 11.7. The number of benzene rings is 8. The Kier molecular flexibility index (Phi) is 5.67. The Balaban J connectivity index is 1.27. The van der Waals surface area contributed by atoms with Gasteiger partial charge in [-0.25, -0.2) is 0 Å². The Bertz CT molecular complexity index is 2310. The first-order chi connectivity index (χ1) is 21.8.